The molecule has 1 heterocycles. The van der Waals surface area contributed by atoms with E-state index >= 15 is 0 Å². The molecule has 1 atom stereocenters. The monoisotopic (exact) mass is 250 g/mol. The van der Waals surface area contributed by atoms with Crippen LogP contribution in [-0.2, 0) is 19.1 Å². The van der Waals surface area contributed by atoms with Crippen molar-refractivity contribution >= 4 is 11.8 Å². The Morgan fingerprint density at radius 3 is 2.61 bits per heavy atom. The largest absolute Gasteiger partial charge is 0.495 e. The third kappa shape index (κ3) is 2.70. The van der Waals surface area contributed by atoms with Crippen LogP contribution in [-0.4, -0.2) is 24.5 Å². The van der Waals surface area contributed by atoms with Gasteiger partial charge in [-0.3, -0.25) is 4.79 Å². The Bertz CT molecular complexity index is 443. The van der Waals surface area contributed by atoms with Crippen LogP contribution >= 0.6 is 0 Å². The van der Waals surface area contributed by atoms with Crippen molar-refractivity contribution in [2.45, 2.75) is 32.8 Å². The number of carbonyl (C=O) groups is 2. The van der Waals surface area contributed by atoms with Crippen LogP contribution in [0.2, 0.25) is 0 Å². The van der Waals surface area contributed by atoms with Crippen molar-refractivity contribution in [2.75, 3.05) is 7.11 Å². The molecule has 1 aliphatic heterocycles. The molecule has 1 aliphatic rings. The number of cyclic esters (lactones) is 1. The minimum absolute atomic E-state index is 0.0101. The summed E-state index contributed by atoms with van der Waals surface area (Å²) in [6.07, 6.45) is 8.23. The Kier molecular flexibility index (Phi) is 4.48. The summed E-state index contributed by atoms with van der Waals surface area (Å²) >= 11 is 0. The summed E-state index contributed by atoms with van der Waals surface area (Å²) in [6.45, 7) is 5.04. The molecule has 0 saturated heterocycles. The van der Waals surface area contributed by atoms with E-state index in [1.165, 1.54) is 14.0 Å². The molecule has 0 bridgehead atoms. The zero-order chi connectivity index (χ0) is 13.8. The van der Waals surface area contributed by atoms with E-state index in [1.54, 1.807) is 19.1 Å². The van der Waals surface area contributed by atoms with Gasteiger partial charge in [0.05, 0.1) is 7.11 Å². The van der Waals surface area contributed by atoms with Gasteiger partial charge in [-0.1, -0.05) is 25.2 Å². The van der Waals surface area contributed by atoms with Gasteiger partial charge in [-0.2, -0.15) is 0 Å². The van der Waals surface area contributed by atoms with E-state index in [9.17, 15) is 9.59 Å². The highest BCUT2D eigenvalue weighted by Crippen LogP contribution is 2.34. The predicted octanol–water partition coefficient (Wildman–Crippen LogP) is 2.31. The first-order valence-electron chi connectivity index (χ1n) is 5.83. The molecular weight excluding hydrogens is 232 g/mol. The molecule has 0 N–H and O–H groups in total. The van der Waals surface area contributed by atoms with E-state index in [0.717, 1.165) is 6.42 Å². The molecule has 0 aromatic carbocycles. The second-order valence-electron chi connectivity index (χ2n) is 4.16. The summed E-state index contributed by atoms with van der Waals surface area (Å²) < 4.78 is 10.4. The van der Waals surface area contributed by atoms with Crippen molar-refractivity contribution in [3.8, 4) is 0 Å². The van der Waals surface area contributed by atoms with Crippen molar-refractivity contribution < 1.29 is 19.1 Å². The molecule has 0 saturated carbocycles. The molecular formula is C14H18O4. The van der Waals surface area contributed by atoms with Gasteiger partial charge in [0.25, 0.3) is 0 Å². The van der Waals surface area contributed by atoms with Crippen LogP contribution < -0.4 is 0 Å². The predicted molar refractivity (Wildman–Crippen MR) is 67.8 cm³/mol. The second kappa shape index (κ2) is 5.67. The number of allylic oxidation sites excluding steroid dienone is 3. The van der Waals surface area contributed by atoms with E-state index < -0.39 is 11.6 Å². The van der Waals surface area contributed by atoms with Gasteiger partial charge < -0.3 is 9.47 Å². The lowest BCUT2D eigenvalue weighted by Crippen LogP contribution is -2.25. The molecule has 4 nitrogen and oxygen atoms in total. The quantitative estimate of drug-likeness (QED) is 0.427. The number of hydrogen-bond donors (Lipinski definition) is 0. The first-order valence-corrected chi connectivity index (χ1v) is 5.83. The van der Waals surface area contributed by atoms with Gasteiger partial charge in [0, 0.05) is 0 Å². The van der Waals surface area contributed by atoms with E-state index in [-0.39, 0.29) is 17.1 Å². The van der Waals surface area contributed by atoms with E-state index in [4.69, 9.17) is 9.47 Å². The van der Waals surface area contributed by atoms with Crippen LogP contribution in [0.3, 0.4) is 0 Å². The van der Waals surface area contributed by atoms with Gasteiger partial charge in [0.2, 0.25) is 0 Å². The van der Waals surface area contributed by atoms with Gasteiger partial charge in [-0.25, -0.2) is 4.79 Å². The van der Waals surface area contributed by atoms with E-state index in [1.807, 2.05) is 19.1 Å². The Morgan fingerprint density at radius 1 is 1.44 bits per heavy atom. The number of rotatable bonds is 5. The SMILES string of the molecule is CC/C=C/C=C/[C@]1(C)OC(=O)C(C(C)=O)=C1OC. The highest BCUT2D eigenvalue weighted by Gasteiger charge is 2.45. The lowest BCUT2D eigenvalue weighted by Gasteiger charge is -2.21. The summed E-state index contributed by atoms with van der Waals surface area (Å²) in [6, 6.07) is 0. The molecule has 0 amide bonds. The summed E-state index contributed by atoms with van der Waals surface area (Å²) in [5, 5.41) is 0. The molecule has 0 spiro atoms. The lowest BCUT2D eigenvalue weighted by atomic mass is 10.0. The molecule has 0 unspecified atom stereocenters. The van der Waals surface area contributed by atoms with Crippen molar-refractivity contribution in [3.05, 3.63) is 35.6 Å². The molecule has 4 heteroatoms. The molecule has 18 heavy (non-hydrogen) atoms. The summed E-state index contributed by atoms with van der Waals surface area (Å²) in [4.78, 5) is 23.1. The number of ether oxygens (including phenoxy) is 2. The fraction of sp³-hybridized carbons (Fsp3) is 0.429. The van der Waals surface area contributed by atoms with Gasteiger partial charge >= 0.3 is 5.97 Å². The minimum Gasteiger partial charge on any atom is -0.495 e. The first-order chi connectivity index (χ1) is 8.46. The minimum atomic E-state index is -1.01. The Balaban J connectivity index is 3.10. The van der Waals surface area contributed by atoms with Crippen molar-refractivity contribution in [3.63, 3.8) is 0 Å². The maximum absolute atomic E-state index is 11.7. The Hall–Kier alpha value is -1.84. The maximum Gasteiger partial charge on any atom is 0.346 e. The molecule has 0 aromatic rings. The highest BCUT2D eigenvalue weighted by molar-refractivity contribution is 6.18. The number of methoxy groups -OCH3 is 1. The van der Waals surface area contributed by atoms with Crippen LogP contribution in [0.1, 0.15) is 27.2 Å². The molecule has 0 aliphatic carbocycles. The van der Waals surface area contributed by atoms with Gasteiger partial charge in [-0.05, 0) is 26.3 Å². The van der Waals surface area contributed by atoms with Gasteiger partial charge in [-0.15, -0.1) is 0 Å². The molecule has 0 radical (unpaired) electrons. The van der Waals surface area contributed by atoms with Crippen molar-refractivity contribution in [1.82, 2.24) is 0 Å². The smallest absolute Gasteiger partial charge is 0.346 e. The van der Waals surface area contributed by atoms with Crippen LogP contribution in [0, 0.1) is 0 Å². The number of ketones is 1. The fourth-order valence-corrected chi connectivity index (χ4v) is 1.80. The summed E-state index contributed by atoms with van der Waals surface area (Å²) in [7, 11) is 1.42. The molecule has 98 valence electrons. The zero-order valence-corrected chi connectivity index (χ0v) is 11.1. The van der Waals surface area contributed by atoms with E-state index in [2.05, 4.69) is 0 Å². The topological polar surface area (TPSA) is 52.6 Å². The normalized spacial score (nSPS) is 24.1. The van der Waals surface area contributed by atoms with Crippen molar-refractivity contribution in [1.29, 1.82) is 0 Å². The van der Waals surface area contributed by atoms with Gasteiger partial charge in [0.1, 0.15) is 5.57 Å². The number of Topliss-reactive ketones (excluding diaryl/α,β-unsaturated/α-hetero) is 1. The van der Waals surface area contributed by atoms with E-state index in [0.29, 0.717) is 0 Å². The summed E-state index contributed by atoms with van der Waals surface area (Å²) in [5.41, 5.74) is -1.02. The van der Waals surface area contributed by atoms with Crippen LogP contribution in [0.5, 0.6) is 0 Å². The third-order valence-electron chi connectivity index (χ3n) is 2.64. The Morgan fingerprint density at radius 2 is 2.11 bits per heavy atom. The standard InChI is InChI=1S/C14H18O4/c1-5-6-7-8-9-14(3)12(17-4)11(10(2)15)13(16)18-14/h6-9H,5H2,1-4H3/b7-6+,9-8+/t14-/m0/s1. The van der Waals surface area contributed by atoms with Crippen molar-refractivity contribution in [2.24, 2.45) is 0 Å². The summed E-state index contributed by atoms with van der Waals surface area (Å²) in [5.74, 6) is -0.717. The lowest BCUT2D eigenvalue weighted by molar-refractivity contribution is -0.144. The second-order valence-corrected chi connectivity index (χ2v) is 4.16. The van der Waals surface area contributed by atoms with Crippen LogP contribution in [0.25, 0.3) is 0 Å². The number of esters is 1. The average molecular weight is 250 g/mol. The van der Waals surface area contributed by atoms with Gasteiger partial charge in [0.15, 0.2) is 17.1 Å². The third-order valence-corrected chi connectivity index (χ3v) is 2.64. The van der Waals surface area contributed by atoms with Crippen LogP contribution in [0.4, 0.5) is 0 Å². The molecule has 0 fully saturated rings. The number of carbonyl (C=O) groups excluding carboxylic acids is 2. The maximum atomic E-state index is 11.7. The highest BCUT2D eigenvalue weighted by atomic mass is 16.6. The molecule has 0 aromatic heterocycles. The fourth-order valence-electron chi connectivity index (χ4n) is 1.80. The first kappa shape index (κ1) is 14.2. The average Bonchev–Trinajstić information content (AvgIpc) is 2.56. The number of hydrogen-bond acceptors (Lipinski definition) is 4. The Labute approximate surface area is 107 Å². The van der Waals surface area contributed by atoms with Crippen LogP contribution in [0.15, 0.2) is 35.6 Å². The zero-order valence-electron chi connectivity index (χ0n) is 11.1. The molecule has 1 rings (SSSR count).